The van der Waals surface area contributed by atoms with Gasteiger partial charge in [-0.1, -0.05) is 0 Å². The highest BCUT2D eigenvalue weighted by Gasteiger charge is 2.15. The van der Waals surface area contributed by atoms with Crippen molar-refractivity contribution < 1.29 is 9.53 Å². The minimum Gasteiger partial charge on any atom is -0.444 e. The molecule has 1 amide bonds. The van der Waals surface area contributed by atoms with Crippen molar-refractivity contribution in [2.45, 2.75) is 59.6 Å². The molecule has 0 aromatic heterocycles. The van der Waals surface area contributed by atoms with Crippen LogP contribution in [0.25, 0.3) is 0 Å². The Kier molecular flexibility index (Phi) is 13.3. The van der Waals surface area contributed by atoms with Gasteiger partial charge in [-0.15, -0.1) is 24.0 Å². The number of guanidine groups is 1. The van der Waals surface area contributed by atoms with Gasteiger partial charge in [0.15, 0.2) is 5.96 Å². The summed E-state index contributed by atoms with van der Waals surface area (Å²) in [6.07, 6.45) is -0.407. The fourth-order valence-corrected chi connectivity index (χ4v) is 1.60. The number of ether oxygens (including phenoxy) is 1. The monoisotopic (exact) mass is 457 g/mol. The molecule has 0 spiro atoms. The van der Waals surface area contributed by atoms with E-state index < -0.39 is 11.7 Å². The molecule has 0 bridgehead atoms. The molecule has 0 rings (SSSR count). The molecule has 0 atom stereocenters. The molecule has 0 saturated carbocycles. The summed E-state index contributed by atoms with van der Waals surface area (Å²) in [5.41, 5.74) is -0.382. The fraction of sp³-hybridized carbons (Fsp3) is 0.875. The van der Waals surface area contributed by atoms with Gasteiger partial charge in [-0.3, -0.25) is 4.99 Å². The summed E-state index contributed by atoms with van der Waals surface area (Å²) in [7, 11) is 0. The van der Waals surface area contributed by atoms with E-state index in [9.17, 15) is 4.79 Å². The van der Waals surface area contributed by atoms with E-state index in [1.165, 1.54) is 0 Å². The summed E-state index contributed by atoms with van der Waals surface area (Å²) < 4.78 is 5.17. The third kappa shape index (κ3) is 17.6. The molecule has 8 heteroatoms. The standard InChI is InChI=1S/C16H35N5O2.HI/c1-8-17-13(19-11-12-21-15(2,3)4)18-9-10-20-14(22)23-16(5,6)7;/h21H,8-12H2,1-7H3,(H,20,22)(H2,17,18,19);1H. The number of carbonyl (C=O) groups excluding carboxylic acids is 1. The maximum atomic E-state index is 11.5. The van der Waals surface area contributed by atoms with Gasteiger partial charge in [0.25, 0.3) is 0 Å². The number of nitrogens with one attached hydrogen (secondary N) is 4. The lowest BCUT2D eigenvalue weighted by Gasteiger charge is -2.20. The van der Waals surface area contributed by atoms with Crippen LogP contribution in [0, 0.1) is 0 Å². The highest BCUT2D eigenvalue weighted by atomic mass is 127. The number of hydrogen-bond donors (Lipinski definition) is 4. The first-order valence-corrected chi connectivity index (χ1v) is 8.27. The van der Waals surface area contributed by atoms with Crippen LogP contribution in [-0.4, -0.2) is 55.9 Å². The summed E-state index contributed by atoms with van der Waals surface area (Å²) in [5.74, 6) is 0.745. The van der Waals surface area contributed by atoms with E-state index >= 15 is 0 Å². The minimum atomic E-state index is -0.478. The molecule has 0 heterocycles. The number of rotatable bonds is 7. The summed E-state index contributed by atoms with van der Waals surface area (Å²) in [4.78, 5) is 16.0. The molecule has 4 N–H and O–H groups in total. The van der Waals surface area contributed by atoms with Gasteiger partial charge in [0, 0.05) is 31.7 Å². The van der Waals surface area contributed by atoms with Crippen molar-refractivity contribution in [3.05, 3.63) is 0 Å². The van der Waals surface area contributed by atoms with E-state index in [1.807, 2.05) is 27.7 Å². The van der Waals surface area contributed by atoms with Gasteiger partial charge in [-0.25, -0.2) is 4.79 Å². The smallest absolute Gasteiger partial charge is 0.407 e. The summed E-state index contributed by atoms with van der Waals surface area (Å²) in [6.45, 7) is 17.3. The maximum Gasteiger partial charge on any atom is 0.407 e. The van der Waals surface area contributed by atoms with E-state index in [1.54, 1.807) is 0 Å². The third-order valence-corrected chi connectivity index (χ3v) is 2.47. The van der Waals surface area contributed by atoms with Crippen molar-refractivity contribution in [1.29, 1.82) is 0 Å². The van der Waals surface area contributed by atoms with Crippen LogP contribution in [0.4, 0.5) is 4.79 Å². The van der Waals surface area contributed by atoms with Crippen molar-refractivity contribution in [3.63, 3.8) is 0 Å². The number of alkyl carbamates (subject to hydrolysis) is 1. The molecule has 0 aliphatic rings. The normalized spacial score (nSPS) is 12.2. The molecule has 0 fully saturated rings. The molecule has 0 aromatic carbocycles. The van der Waals surface area contributed by atoms with Crippen LogP contribution < -0.4 is 21.3 Å². The molecular weight excluding hydrogens is 421 g/mol. The fourth-order valence-electron chi connectivity index (χ4n) is 1.60. The Balaban J connectivity index is 0. The molecule has 0 radical (unpaired) electrons. The first-order valence-electron chi connectivity index (χ1n) is 8.27. The van der Waals surface area contributed by atoms with E-state index in [2.05, 4.69) is 47.0 Å². The first kappa shape index (κ1) is 25.5. The highest BCUT2D eigenvalue weighted by molar-refractivity contribution is 14.0. The predicted molar refractivity (Wildman–Crippen MR) is 111 cm³/mol. The minimum absolute atomic E-state index is 0. The van der Waals surface area contributed by atoms with Crippen LogP contribution >= 0.6 is 24.0 Å². The average molecular weight is 457 g/mol. The number of aliphatic imine (C=N–C) groups is 1. The van der Waals surface area contributed by atoms with Crippen molar-refractivity contribution >= 4 is 36.0 Å². The maximum absolute atomic E-state index is 11.5. The molecule has 0 aromatic rings. The van der Waals surface area contributed by atoms with Gasteiger partial charge in [-0.2, -0.15) is 0 Å². The van der Waals surface area contributed by atoms with Gasteiger partial charge >= 0.3 is 6.09 Å². The first-order chi connectivity index (χ1) is 10.5. The Morgan fingerprint density at radius 2 is 1.54 bits per heavy atom. The summed E-state index contributed by atoms with van der Waals surface area (Å²) >= 11 is 0. The Labute approximate surface area is 164 Å². The predicted octanol–water partition coefficient (Wildman–Crippen LogP) is 2.07. The molecule has 7 nitrogen and oxygen atoms in total. The second-order valence-corrected chi connectivity index (χ2v) is 7.29. The van der Waals surface area contributed by atoms with Crippen LogP contribution in [0.15, 0.2) is 4.99 Å². The summed E-state index contributed by atoms with van der Waals surface area (Å²) in [5, 5.41) is 12.4. The molecule has 0 saturated heterocycles. The Morgan fingerprint density at radius 1 is 0.958 bits per heavy atom. The van der Waals surface area contributed by atoms with Crippen LogP contribution in [0.2, 0.25) is 0 Å². The zero-order valence-corrected chi connectivity index (χ0v) is 18.5. The Bertz CT molecular complexity index is 376. The SMILES string of the molecule is CCNC(=NCCNC(C)(C)C)NCCNC(=O)OC(C)(C)C.I. The van der Waals surface area contributed by atoms with Crippen molar-refractivity contribution in [1.82, 2.24) is 21.3 Å². The second-order valence-electron chi connectivity index (χ2n) is 7.29. The van der Waals surface area contributed by atoms with Crippen molar-refractivity contribution in [3.8, 4) is 0 Å². The topological polar surface area (TPSA) is 86.8 Å². The molecular formula is C16H36IN5O2. The van der Waals surface area contributed by atoms with Crippen LogP contribution in [0.5, 0.6) is 0 Å². The highest BCUT2D eigenvalue weighted by Crippen LogP contribution is 2.05. The number of hydrogen-bond acceptors (Lipinski definition) is 4. The van der Waals surface area contributed by atoms with Gasteiger partial charge in [0.1, 0.15) is 5.60 Å². The lowest BCUT2D eigenvalue weighted by atomic mass is 10.1. The zero-order valence-electron chi connectivity index (χ0n) is 16.2. The van der Waals surface area contributed by atoms with E-state index in [4.69, 9.17) is 4.74 Å². The van der Waals surface area contributed by atoms with E-state index in [0.717, 1.165) is 19.0 Å². The lowest BCUT2D eigenvalue weighted by molar-refractivity contribution is 0.0529. The Morgan fingerprint density at radius 3 is 2.04 bits per heavy atom. The molecule has 0 unspecified atom stereocenters. The Hall–Kier alpha value is -0.770. The number of nitrogens with zero attached hydrogens (tertiary/aromatic N) is 1. The molecule has 0 aliphatic carbocycles. The largest absolute Gasteiger partial charge is 0.444 e. The van der Waals surface area contributed by atoms with E-state index in [-0.39, 0.29) is 29.5 Å². The van der Waals surface area contributed by atoms with Crippen molar-refractivity contribution in [2.24, 2.45) is 4.99 Å². The third-order valence-electron chi connectivity index (χ3n) is 2.47. The average Bonchev–Trinajstić information content (AvgIpc) is 2.36. The van der Waals surface area contributed by atoms with Gasteiger partial charge in [-0.05, 0) is 48.5 Å². The van der Waals surface area contributed by atoms with Crippen molar-refractivity contribution in [2.75, 3.05) is 32.7 Å². The number of halogens is 1. The van der Waals surface area contributed by atoms with Crippen LogP contribution in [0.3, 0.4) is 0 Å². The van der Waals surface area contributed by atoms with Gasteiger partial charge in [0.05, 0.1) is 6.54 Å². The van der Waals surface area contributed by atoms with E-state index in [0.29, 0.717) is 19.6 Å². The van der Waals surface area contributed by atoms with Crippen LogP contribution in [0.1, 0.15) is 48.5 Å². The molecule has 144 valence electrons. The van der Waals surface area contributed by atoms with Gasteiger partial charge < -0.3 is 26.0 Å². The lowest BCUT2D eigenvalue weighted by Crippen LogP contribution is -2.43. The quantitative estimate of drug-likeness (QED) is 0.204. The zero-order chi connectivity index (χ0) is 17.9. The molecule has 24 heavy (non-hydrogen) atoms. The second kappa shape index (κ2) is 12.6. The molecule has 0 aliphatic heterocycles. The van der Waals surface area contributed by atoms with Gasteiger partial charge in [0.2, 0.25) is 0 Å². The summed E-state index contributed by atoms with van der Waals surface area (Å²) in [6, 6.07) is 0. The van der Waals surface area contributed by atoms with Crippen LogP contribution in [-0.2, 0) is 4.74 Å². The number of carbonyl (C=O) groups is 1. The number of amides is 1.